The number of carbonyl (C=O) groups is 2. The van der Waals surface area contributed by atoms with E-state index in [-0.39, 0.29) is 67.0 Å². The minimum Gasteiger partial charge on any atom is -0.478 e. The van der Waals surface area contributed by atoms with E-state index in [4.69, 9.17) is 14.2 Å². The van der Waals surface area contributed by atoms with Crippen molar-refractivity contribution in [3.8, 4) is 11.5 Å². The van der Waals surface area contributed by atoms with Gasteiger partial charge in [-0.3, -0.25) is 9.69 Å². The van der Waals surface area contributed by atoms with Crippen LogP contribution < -0.4 is 9.64 Å². The van der Waals surface area contributed by atoms with Crippen molar-refractivity contribution in [2.24, 2.45) is 11.8 Å². The van der Waals surface area contributed by atoms with Crippen molar-refractivity contribution >= 4 is 17.6 Å². The van der Waals surface area contributed by atoms with Gasteiger partial charge in [-0.15, -0.1) is 0 Å². The Bertz CT molecular complexity index is 1360. The number of carboxylic acids is 1. The zero-order valence-electron chi connectivity index (χ0n) is 26.2. The van der Waals surface area contributed by atoms with Crippen LogP contribution in [0.3, 0.4) is 0 Å². The molecule has 2 aromatic carbocycles. The summed E-state index contributed by atoms with van der Waals surface area (Å²) in [5.41, 5.74) is -1.23. The van der Waals surface area contributed by atoms with Crippen LogP contribution in [0, 0.1) is 11.8 Å². The van der Waals surface area contributed by atoms with Crippen molar-refractivity contribution in [3.05, 3.63) is 53.1 Å². The molecule has 46 heavy (non-hydrogen) atoms. The fourth-order valence-electron chi connectivity index (χ4n) is 6.29. The Kier molecular flexibility index (Phi) is 11.7. The van der Waals surface area contributed by atoms with E-state index in [1.807, 2.05) is 0 Å². The molecular weight excluding hydrogens is 615 g/mol. The average molecular weight is 657 g/mol. The Balaban J connectivity index is 1.67. The summed E-state index contributed by atoms with van der Waals surface area (Å²) in [4.78, 5) is 29.2. The normalized spacial score (nSPS) is 20.5. The van der Waals surface area contributed by atoms with Crippen LogP contribution in [0.1, 0.15) is 66.9 Å². The van der Waals surface area contributed by atoms with Gasteiger partial charge in [0, 0.05) is 33.1 Å². The van der Waals surface area contributed by atoms with Crippen LogP contribution in [0.25, 0.3) is 0 Å². The first kappa shape index (κ1) is 35.6. The first-order valence-electron chi connectivity index (χ1n) is 15.4. The number of hydrogen-bond acceptors (Lipinski definition) is 6. The van der Waals surface area contributed by atoms with Crippen molar-refractivity contribution in [1.29, 1.82) is 0 Å². The number of methoxy groups -OCH3 is 2. The number of nitrogens with zero attached hydrogens (tertiary/aromatic N) is 2. The lowest BCUT2D eigenvalue weighted by Gasteiger charge is -2.36. The van der Waals surface area contributed by atoms with E-state index in [9.17, 15) is 36.6 Å². The molecule has 0 spiro atoms. The monoisotopic (exact) mass is 656 g/mol. The number of hydrogen-bond donors (Lipinski definition) is 1. The minimum absolute atomic E-state index is 0.0484. The zero-order chi connectivity index (χ0) is 33.6. The average Bonchev–Trinajstić information content (AvgIpc) is 2.98. The molecule has 8 nitrogen and oxygen atoms in total. The number of rotatable bonds is 12. The van der Waals surface area contributed by atoms with E-state index >= 15 is 0 Å². The van der Waals surface area contributed by atoms with Crippen molar-refractivity contribution in [1.82, 2.24) is 4.90 Å². The van der Waals surface area contributed by atoms with Gasteiger partial charge in [0.25, 0.3) is 5.92 Å². The number of aromatic carboxylic acids is 1. The molecule has 4 rings (SSSR count). The number of benzene rings is 2. The number of carbonyl (C=O) groups excluding carboxylic acids is 1. The highest BCUT2D eigenvalue weighted by Gasteiger charge is 2.38. The van der Waals surface area contributed by atoms with Gasteiger partial charge in [0.05, 0.1) is 42.6 Å². The summed E-state index contributed by atoms with van der Waals surface area (Å²) >= 11 is 0. The maximum absolute atomic E-state index is 14.2. The molecule has 254 valence electrons. The standard InChI is InChI=1S/C33H41F5N2O6/c1-21-5-8-23(9-6-21)30(41)40(24(18-44-2)19-45-3)28-11-10-25(16-26(28)31(42)43)46-29-12-7-22(15-27(29)33(36,37)38)17-39-14-4-13-32(34,35)20-39/h7,10-12,15-16,21,23-24H,4-6,8-9,13-14,17-20H2,1-3H3,(H,42,43)/t21-,23-. The maximum atomic E-state index is 14.2. The molecule has 1 aliphatic heterocycles. The van der Waals surface area contributed by atoms with Crippen molar-refractivity contribution in [2.45, 2.75) is 70.1 Å². The topological polar surface area (TPSA) is 88.5 Å². The molecule has 0 bridgehead atoms. The molecule has 2 aromatic rings. The predicted molar refractivity (Wildman–Crippen MR) is 161 cm³/mol. The summed E-state index contributed by atoms with van der Waals surface area (Å²) in [6, 6.07) is 6.40. The molecule has 1 saturated heterocycles. The molecule has 2 aliphatic rings. The van der Waals surface area contributed by atoms with Gasteiger partial charge in [-0.25, -0.2) is 13.6 Å². The number of piperidine rings is 1. The molecule has 2 fully saturated rings. The van der Waals surface area contributed by atoms with Crippen LogP contribution in [-0.4, -0.2) is 74.4 Å². The van der Waals surface area contributed by atoms with Gasteiger partial charge in [0.15, 0.2) is 0 Å². The van der Waals surface area contributed by atoms with Gasteiger partial charge in [0.1, 0.15) is 11.5 Å². The Morgan fingerprint density at radius 3 is 2.30 bits per heavy atom. The highest BCUT2D eigenvalue weighted by atomic mass is 19.4. The second-order valence-electron chi connectivity index (χ2n) is 12.3. The van der Waals surface area contributed by atoms with Crippen LogP contribution in [-0.2, 0) is 27.0 Å². The summed E-state index contributed by atoms with van der Waals surface area (Å²) in [6.07, 6.45) is -1.87. The molecule has 0 unspecified atom stereocenters. The van der Waals surface area contributed by atoms with E-state index < -0.39 is 42.0 Å². The van der Waals surface area contributed by atoms with Crippen molar-refractivity contribution in [2.75, 3.05) is 45.4 Å². The number of ether oxygens (including phenoxy) is 3. The number of anilines is 1. The Hall–Kier alpha value is -3.29. The van der Waals surface area contributed by atoms with Crippen LogP contribution >= 0.6 is 0 Å². The number of carboxylic acid groups (broad SMARTS) is 1. The molecule has 1 amide bonds. The van der Waals surface area contributed by atoms with E-state index in [1.165, 1.54) is 42.2 Å². The molecule has 0 radical (unpaired) electrons. The maximum Gasteiger partial charge on any atom is 0.419 e. The largest absolute Gasteiger partial charge is 0.478 e. The number of alkyl halides is 5. The summed E-state index contributed by atoms with van der Waals surface area (Å²) in [5.74, 6) is -5.21. The minimum atomic E-state index is -4.85. The van der Waals surface area contributed by atoms with E-state index in [0.717, 1.165) is 31.0 Å². The third kappa shape index (κ3) is 8.95. The quantitative estimate of drug-likeness (QED) is 0.241. The van der Waals surface area contributed by atoms with Crippen LogP contribution in [0.2, 0.25) is 0 Å². The number of likely N-dealkylation sites (tertiary alicyclic amines) is 1. The van der Waals surface area contributed by atoms with Gasteiger partial charge in [0.2, 0.25) is 5.91 Å². The summed E-state index contributed by atoms with van der Waals surface area (Å²) in [7, 11) is 2.90. The van der Waals surface area contributed by atoms with Gasteiger partial charge in [-0.1, -0.05) is 13.0 Å². The van der Waals surface area contributed by atoms with E-state index in [2.05, 4.69) is 6.92 Å². The lowest BCUT2D eigenvalue weighted by atomic mass is 9.82. The third-order valence-electron chi connectivity index (χ3n) is 8.60. The summed E-state index contributed by atoms with van der Waals surface area (Å²) < 4.78 is 86.5. The van der Waals surface area contributed by atoms with E-state index in [0.29, 0.717) is 25.3 Å². The van der Waals surface area contributed by atoms with Crippen LogP contribution in [0.15, 0.2) is 36.4 Å². The third-order valence-corrected chi connectivity index (χ3v) is 8.60. The number of halogens is 5. The van der Waals surface area contributed by atoms with Gasteiger partial charge in [-0.05, 0) is 80.5 Å². The Morgan fingerprint density at radius 1 is 1.04 bits per heavy atom. The van der Waals surface area contributed by atoms with Gasteiger partial charge in [-0.2, -0.15) is 13.2 Å². The lowest BCUT2D eigenvalue weighted by molar-refractivity contribution is -0.138. The Morgan fingerprint density at radius 2 is 1.72 bits per heavy atom. The molecular formula is C33H41F5N2O6. The van der Waals surface area contributed by atoms with Gasteiger partial charge >= 0.3 is 12.1 Å². The fourth-order valence-corrected chi connectivity index (χ4v) is 6.29. The summed E-state index contributed by atoms with van der Waals surface area (Å²) in [6.45, 7) is 1.93. The van der Waals surface area contributed by atoms with E-state index in [1.54, 1.807) is 0 Å². The van der Waals surface area contributed by atoms with Crippen molar-refractivity contribution in [3.63, 3.8) is 0 Å². The van der Waals surface area contributed by atoms with Crippen molar-refractivity contribution < 1.29 is 50.9 Å². The second-order valence-corrected chi connectivity index (χ2v) is 12.3. The molecule has 1 heterocycles. The molecule has 13 heteroatoms. The highest BCUT2D eigenvalue weighted by molar-refractivity contribution is 6.03. The first-order valence-corrected chi connectivity index (χ1v) is 15.4. The number of amides is 1. The smallest absolute Gasteiger partial charge is 0.419 e. The molecule has 1 N–H and O–H groups in total. The fraction of sp³-hybridized carbons (Fsp3) is 0.576. The predicted octanol–water partition coefficient (Wildman–Crippen LogP) is 7.25. The second kappa shape index (κ2) is 15.1. The molecule has 1 aliphatic carbocycles. The highest BCUT2D eigenvalue weighted by Crippen LogP contribution is 2.41. The SMILES string of the molecule is COCC(COC)N(c1ccc(Oc2ccc(CN3CCCC(F)(F)C3)cc2C(F)(F)F)cc1C(=O)O)C(=O)[C@H]1CC[C@H](C)CC1. The van der Waals surface area contributed by atoms with Crippen LogP contribution in [0.4, 0.5) is 27.6 Å². The Labute approximate surface area is 265 Å². The molecule has 1 saturated carbocycles. The molecule has 0 aromatic heterocycles. The zero-order valence-corrected chi connectivity index (χ0v) is 26.2. The van der Waals surface area contributed by atoms with Gasteiger partial charge < -0.3 is 24.2 Å². The van der Waals surface area contributed by atoms with Crippen LogP contribution in [0.5, 0.6) is 11.5 Å². The lowest BCUT2D eigenvalue weighted by Crippen LogP contribution is -2.49. The summed E-state index contributed by atoms with van der Waals surface area (Å²) in [5, 5.41) is 10.2. The molecule has 0 atom stereocenters. The first-order chi connectivity index (χ1) is 21.7.